The molecule has 4 heteroatoms. The number of aliphatic hydroxyl groups is 1. The highest BCUT2D eigenvalue weighted by molar-refractivity contribution is 6.21. The van der Waals surface area contributed by atoms with Crippen LogP contribution >= 0.6 is 0 Å². The van der Waals surface area contributed by atoms with E-state index in [1.165, 1.54) is 5.56 Å². The molecule has 0 amide bonds. The smallest absolute Gasteiger partial charge is 0.376 e. The minimum atomic E-state index is -0.856. The van der Waals surface area contributed by atoms with E-state index in [1.807, 2.05) is 6.07 Å². The third-order valence-electron chi connectivity index (χ3n) is 3.61. The molecule has 1 aliphatic carbocycles. The molecule has 0 radical (unpaired) electrons. The molecule has 1 N–H and O–H groups in total. The predicted molar refractivity (Wildman–Crippen MR) is 70.1 cm³/mol. The summed E-state index contributed by atoms with van der Waals surface area (Å²) >= 11 is 0. The summed E-state index contributed by atoms with van der Waals surface area (Å²) in [5.41, 5.74) is 2.22. The van der Waals surface area contributed by atoms with Crippen LogP contribution in [0.4, 0.5) is 0 Å². The molecule has 102 valence electrons. The first-order chi connectivity index (χ1) is 9.26. The van der Waals surface area contributed by atoms with Gasteiger partial charge in [-0.25, -0.2) is 4.79 Å². The van der Waals surface area contributed by atoms with E-state index in [0.29, 0.717) is 11.7 Å². The topological polar surface area (TPSA) is 63.6 Å². The monoisotopic (exact) mass is 262 g/mol. The van der Waals surface area contributed by atoms with Gasteiger partial charge < -0.3 is 9.84 Å². The Morgan fingerprint density at radius 2 is 2.32 bits per heavy atom. The molecule has 1 aliphatic rings. The zero-order valence-corrected chi connectivity index (χ0v) is 10.8. The number of hydrogen-bond donors (Lipinski definition) is 1. The average molecular weight is 262 g/mol. The Morgan fingerprint density at radius 3 is 3.05 bits per heavy atom. The van der Waals surface area contributed by atoms with Gasteiger partial charge in [-0.3, -0.25) is 4.79 Å². The highest BCUT2D eigenvalue weighted by Crippen LogP contribution is 2.38. The van der Waals surface area contributed by atoms with Crippen molar-refractivity contribution in [3.8, 4) is 5.75 Å². The van der Waals surface area contributed by atoms with Crippen LogP contribution in [0.25, 0.3) is 0 Å². The van der Waals surface area contributed by atoms with Gasteiger partial charge in [0.2, 0.25) is 6.29 Å². The third kappa shape index (κ3) is 3.20. The molecule has 1 aromatic rings. The van der Waals surface area contributed by atoms with E-state index in [0.717, 1.165) is 37.7 Å². The Balaban J connectivity index is 2.24. The number of carbonyl (C=O) groups excluding carboxylic acids is 2. The fourth-order valence-electron chi connectivity index (χ4n) is 2.78. The lowest BCUT2D eigenvalue weighted by Crippen LogP contribution is -2.15. The number of aldehydes is 1. The van der Waals surface area contributed by atoms with E-state index in [-0.39, 0.29) is 12.9 Å². The second-order valence-electron chi connectivity index (χ2n) is 4.82. The fraction of sp³-hybridized carbons (Fsp3) is 0.467. The molecule has 0 fully saturated rings. The molecule has 0 bridgehead atoms. The van der Waals surface area contributed by atoms with Crippen LogP contribution < -0.4 is 4.74 Å². The number of hydrogen-bond acceptors (Lipinski definition) is 4. The second kappa shape index (κ2) is 6.48. The zero-order chi connectivity index (χ0) is 13.7. The normalized spacial score (nSPS) is 17.6. The standard InChI is InChI=1S/C15H18O4/c16-9-3-5-11-4-1-7-13-12(11)6-2-8-14(13)19-15(18)10-17/h2,6,8,10-11,16H,1,3-5,7,9H2. The van der Waals surface area contributed by atoms with Gasteiger partial charge in [0, 0.05) is 6.61 Å². The number of carbonyl (C=O) groups is 2. The summed E-state index contributed by atoms with van der Waals surface area (Å²) in [5.74, 6) is 0.0555. The van der Waals surface area contributed by atoms with Crippen molar-refractivity contribution in [2.24, 2.45) is 0 Å². The van der Waals surface area contributed by atoms with Gasteiger partial charge >= 0.3 is 5.97 Å². The molecule has 2 rings (SSSR count). The number of ether oxygens (including phenoxy) is 1. The van der Waals surface area contributed by atoms with Gasteiger partial charge in [0.05, 0.1) is 0 Å². The molecular formula is C15H18O4. The first-order valence-electron chi connectivity index (χ1n) is 6.66. The number of aliphatic hydroxyl groups excluding tert-OH is 1. The van der Waals surface area contributed by atoms with Gasteiger partial charge in [-0.15, -0.1) is 0 Å². The molecule has 0 heterocycles. The minimum absolute atomic E-state index is 0.186. The van der Waals surface area contributed by atoms with E-state index in [9.17, 15) is 9.59 Å². The maximum absolute atomic E-state index is 11.1. The van der Waals surface area contributed by atoms with E-state index in [1.54, 1.807) is 6.07 Å². The van der Waals surface area contributed by atoms with E-state index in [4.69, 9.17) is 9.84 Å². The van der Waals surface area contributed by atoms with Crippen molar-refractivity contribution in [1.82, 2.24) is 0 Å². The quantitative estimate of drug-likeness (QED) is 0.381. The molecule has 0 saturated heterocycles. The average Bonchev–Trinajstić information content (AvgIpc) is 2.45. The molecule has 19 heavy (non-hydrogen) atoms. The molecule has 1 atom stereocenters. The highest BCUT2D eigenvalue weighted by atomic mass is 16.5. The fourth-order valence-corrected chi connectivity index (χ4v) is 2.78. The van der Waals surface area contributed by atoms with Gasteiger partial charge in [-0.05, 0) is 55.2 Å². The zero-order valence-electron chi connectivity index (χ0n) is 10.8. The molecule has 4 nitrogen and oxygen atoms in total. The van der Waals surface area contributed by atoms with Crippen LogP contribution in [-0.2, 0) is 16.0 Å². The van der Waals surface area contributed by atoms with Gasteiger partial charge in [-0.1, -0.05) is 12.1 Å². The second-order valence-corrected chi connectivity index (χ2v) is 4.82. The van der Waals surface area contributed by atoms with E-state index in [2.05, 4.69) is 6.07 Å². The largest absolute Gasteiger partial charge is 0.421 e. The summed E-state index contributed by atoms with van der Waals surface area (Å²) in [5, 5.41) is 8.94. The first-order valence-corrected chi connectivity index (χ1v) is 6.66. The number of fused-ring (bicyclic) bond motifs is 1. The lowest BCUT2D eigenvalue weighted by molar-refractivity contribution is -0.141. The van der Waals surface area contributed by atoms with Gasteiger partial charge in [-0.2, -0.15) is 0 Å². The SMILES string of the molecule is O=CC(=O)Oc1cccc2c1CCCC2CCCO. The van der Waals surface area contributed by atoms with Crippen LogP contribution in [0.5, 0.6) is 5.75 Å². The molecule has 1 aromatic carbocycles. The summed E-state index contributed by atoms with van der Waals surface area (Å²) in [6, 6.07) is 5.63. The molecule has 0 saturated carbocycles. The van der Waals surface area contributed by atoms with E-state index >= 15 is 0 Å². The van der Waals surface area contributed by atoms with Crippen molar-refractivity contribution < 1.29 is 19.4 Å². The molecule has 0 aliphatic heterocycles. The Bertz CT molecular complexity index is 467. The van der Waals surface area contributed by atoms with Crippen molar-refractivity contribution in [3.05, 3.63) is 29.3 Å². The Labute approximate surface area is 112 Å². The number of rotatable bonds is 5. The van der Waals surface area contributed by atoms with Crippen LogP contribution in [0.15, 0.2) is 18.2 Å². The lowest BCUT2D eigenvalue weighted by atomic mass is 9.80. The van der Waals surface area contributed by atoms with Gasteiger partial charge in [0.15, 0.2) is 0 Å². The van der Waals surface area contributed by atoms with Crippen LogP contribution in [0, 0.1) is 0 Å². The number of benzene rings is 1. The maximum atomic E-state index is 11.1. The highest BCUT2D eigenvalue weighted by Gasteiger charge is 2.23. The van der Waals surface area contributed by atoms with Gasteiger partial charge in [0.1, 0.15) is 5.75 Å². The predicted octanol–water partition coefficient (Wildman–Crippen LogP) is 1.98. The minimum Gasteiger partial charge on any atom is -0.421 e. The van der Waals surface area contributed by atoms with Crippen LogP contribution in [0.3, 0.4) is 0 Å². The molecule has 0 spiro atoms. The molecule has 0 aromatic heterocycles. The lowest BCUT2D eigenvalue weighted by Gasteiger charge is -2.26. The summed E-state index contributed by atoms with van der Waals surface area (Å²) in [4.78, 5) is 21.5. The first kappa shape index (κ1) is 13.7. The van der Waals surface area contributed by atoms with Crippen molar-refractivity contribution in [2.45, 2.75) is 38.0 Å². The Hall–Kier alpha value is -1.68. The van der Waals surface area contributed by atoms with Crippen LogP contribution in [0.1, 0.15) is 42.7 Å². The Kier molecular flexibility index (Phi) is 4.68. The molecule has 1 unspecified atom stereocenters. The van der Waals surface area contributed by atoms with Crippen molar-refractivity contribution in [3.63, 3.8) is 0 Å². The Morgan fingerprint density at radius 1 is 1.47 bits per heavy atom. The number of esters is 1. The summed E-state index contributed by atoms with van der Waals surface area (Å²) < 4.78 is 5.06. The van der Waals surface area contributed by atoms with Crippen molar-refractivity contribution in [2.75, 3.05) is 6.61 Å². The van der Waals surface area contributed by atoms with Crippen LogP contribution in [-0.4, -0.2) is 24.0 Å². The van der Waals surface area contributed by atoms with E-state index < -0.39 is 5.97 Å². The van der Waals surface area contributed by atoms with Crippen molar-refractivity contribution >= 4 is 12.3 Å². The van der Waals surface area contributed by atoms with Crippen LogP contribution in [0.2, 0.25) is 0 Å². The third-order valence-corrected chi connectivity index (χ3v) is 3.61. The summed E-state index contributed by atoms with van der Waals surface area (Å²) in [6.07, 6.45) is 4.91. The summed E-state index contributed by atoms with van der Waals surface area (Å²) in [7, 11) is 0. The van der Waals surface area contributed by atoms with Gasteiger partial charge in [0.25, 0.3) is 0 Å². The molecular weight excluding hydrogens is 244 g/mol. The maximum Gasteiger partial charge on any atom is 0.376 e. The summed E-state index contributed by atoms with van der Waals surface area (Å²) in [6.45, 7) is 0.200. The van der Waals surface area contributed by atoms with Crippen molar-refractivity contribution in [1.29, 1.82) is 0 Å².